The highest BCUT2D eigenvalue weighted by Gasteiger charge is 2.15. The van der Waals surface area contributed by atoms with Crippen molar-refractivity contribution >= 4 is 29.1 Å². The molecule has 1 rings (SSSR count). The molecule has 0 aliphatic heterocycles. The summed E-state index contributed by atoms with van der Waals surface area (Å²) in [5.74, 6) is -0.190. The van der Waals surface area contributed by atoms with Gasteiger partial charge in [0.1, 0.15) is 0 Å². The van der Waals surface area contributed by atoms with Crippen LogP contribution in [0.2, 0.25) is 10.0 Å². The Kier molecular flexibility index (Phi) is 5.93. The average molecular weight is 290 g/mol. The SMILES string of the molecule is CCC(C)C(O)CNC(=O)c1cc(Cl)ccc1Cl. The van der Waals surface area contributed by atoms with Crippen LogP contribution in [-0.2, 0) is 0 Å². The fourth-order valence-electron chi connectivity index (χ4n) is 1.44. The van der Waals surface area contributed by atoms with Gasteiger partial charge in [-0.25, -0.2) is 0 Å². The minimum atomic E-state index is -0.558. The van der Waals surface area contributed by atoms with Gasteiger partial charge >= 0.3 is 0 Å². The lowest BCUT2D eigenvalue weighted by atomic mass is 10.0. The minimum Gasteiger partial charge on any atom is -0.391 e. The highest BCUT2D eigenvalue weighted by molar-refractivity contribution is 6.35. The van der Waals surface area contributed by atoms with Gasteiger partial charge in [-0.3, -0.25) is 4.79 Å². The van der Waals surface area contributed by atoms with E-state index < -0.39 is 6.10 Å². The van der Waals surface area contributed by atoms with Crippen LogP contribution in [0.5, 0.6) is 0 Å². The third kappa shape index (κ3) is 4.16. The van der Waals surface area contributed by atoms with Gasteiger partial charge < -0.3 is 10.4 Å². The molecule has 18 heavy (non-hydrogen) atoms. The number of benzene rings is 1. The molecule has 0 fully saturated rings. The first kappa shape index (κ1) is 15.3. The fourth-order valence-corrected chi connectivity index (χ4v) is 1.81. The van der Waals surface area contributed by atoms with Crippen molar-refractivity contribution in [2.45, 2.75) is 26.4 Å². The molecule has 1 aromatic carbocycles. The number of rotatable bonds is 5. The van der Waals surface area contributed by atoms with Crippen molar-refractivity contribution in [2.24, 2.45) is 5.92 Å². The van der Waals surface area contributed by atoms with Crippen LogP contribution in [0.4, 0.5) is 0 Å². The van der Waals surface area contributed by atoms with Gasteiger partial charge in [0, 0.05) is 11.6 Å². The number of nitrogens with one attached hydrogen (secondary N) is 1. The number of carbonyl (C=O) groups excluding carboxylic acids is 1. The predicted molar refractivity (Wildman–Crippen MR) is 74.3 cm³/mol. The molecule has 2 unspecified atom stereocenters. The van der Waals surface area contributed by atoms with Gasteiger partial charge in [0.05, 0.1) is 16.7 Å². The molecule has 2 atom stereocenters. The lowest BCUT2D eigenvalue weighted by molar-refractivity contribution is 0.0850. The van der Waals surface area contributed by atoms with Crippen LogP contribution in [0, 0.1) is 5.92 Å². The second kappa shape index (κ2) is 6.98. The van der Waals surface area contributed by atoms with Crippen LogP contribution in [0.15, 0.2) is 18.2 Å². The van der Waals surface area contributed by atoms with Gasteiger partial charge in [-0.2, -0.15) is 0 Å². The molecule has 2 N–H and O–H groups in total. The molecule has 1 amide bonds. The number of aliphatic hydroxyl groups is 1. The third-order valence-corrected chi connectivity index (χ3v) is 3.51. The second-order valence-electron chi connectivity index (χ2n) is 4.29. The summed E-state index contributed by atoms with van der Waals surface area (Å²) in [4.78, 5) is 11.9. The first-order chi connectivity index (χ1) is 8.45. The van der Waals surface area contributed by atoms with Crippen molar-refractivity contribution in [3.63, 3.8) is 0 Å². The van der Waals surface area contributed by atoms with E-state index in [2.05, 4.69) is 5.32 Å². The second-order valence-corrected chi connectivity index (χ2v) is 5.13. The van der Waals surface area contributed by atoms with E-state index in [1.54, 1.807) is 12.1 Å². The monoisotopic (exact) mass is 289 g/mol. The number of carbonyl (C=O) groups is 1. The van der Waals surface area contributed by atoms with Gasteiger partial charge in [0.25, 0.3) is 5.91 Å². The first-order valence-electron chi connectivity index (χ1n) is 5.87. The van der Waals surface area contributed by atoms with E-state index in [1.165, 1.54) is 6.07 Å². The van der Waals surface area contributed by atoms with E-state index in [4.69, 9.17) is 23.2 Å². The molecule has 3 nitrogen and oxygen atoms in total. The minimum absolute atomic E-state index is 0.139. The number of hydrogen-bond acceptors (Lipinski definition) is 2. The molecule has 0 aromatic heterocycles. The molecule has 0 radical (unpaired) electrons. The van der Waals surface area contributed by atoms with Crippen molar-refractivity contribution in [3.8, 4) is 0 Å². The lowest BCUT2D eigenvalue weighted by Gasteiger charge is -2.17. The molecular weight excluding hydrogens is 273 g/mol. The maximum Gasteiger partial charge on any atom is 0.252 e. The smallest absolute Gasteiger partial charge is 0.252 e. The van der Waals surface area contributed by atoms with Gasteiger partial charge in [0.2, 0.25) is 0 Å². The van der Waals surface area contributed by atoms with Crippen LogP contribution in [0.25, 0.3) is 0 Å². The highest BCUT2D eigenvalue weighted by Crippen LogP contribution is 2.20. The number of halogens is 2. The topological polar surface area (TPSA) is 49.3 Å². The summed E-state index contributed by atoms with van der Waals surface area (Å²) < 4.78 is 0. The summed E-state index contributed by atoms with van der Waals surface area (Å²) in [5, 5.41) is 13.2. The molecule has 1 aromatic rings. The Labute approximate surface area is 117 Å². The maximum atomic E-state index is 11.9. The van der Waals surface area contributed by atoms with E-state index in [1.807, 2.05) is 13.8 Å². The van der Waals surface area contributed by atoms with E-state index >= 15 is 0 Å². The molecule has 0 aliphatic carbocycles. The number of hydrogen-bond donors (Lipinski definition) is 2. The van der Waals surface area contributed by atoms with Crippen molar-refractivity contribution in [1.82, 2.24) is 5.32 Å². The van der Waals surface area contributed by atoms with Gasteiger partial charge in [-0.05, 0) is 24.1 Å². The van der Waals surface area contributed by atoms with E-state index in [9.17, 15) is 9.90 Å². The summed E-state index contributed by atoms with van der Waals surface area (Å²) in [7, 11) is 0. The lowest BCUT2D eigenvalue weighted by Crippen LogP contribution is -2.35. The Morgan fingerprint density at radius 1 is 1.44 bits per heavy atom. The number of amides is 1. The summed E-state index contributed by atoms with van der Waals surface area (Å²) in [6, 6.07) is 4.70. The zero-order valence-electron chi connectivity index (χ0n) is 10.4. The molecule has 100 valence electrons. The Morgan fingerprint density at radius 2 is 2.11 bits per heavy atom. The van der Waals surface area contributed by atoms with Crippen molar-refractivity contribution in [3.05, 3.63) is 33.8 Å². The molecule has 0 aliphatic rings. The molecule has 5 heteroatoms. The van der Waals surface area contributed by atoms with Crippen LogP contribution >= 0.6 is 23.2 Å². The zero-order valence-corrected chi connectivity index (χ0v) is 11.9. The van der Waals surface area contributed by atoms with E-state index in [-0.39, 0.29) is 18.4 Å². The Balaban J connectivity index is 2.63. The summed E-state index contributed by atoms with van der Waals surface area (Å²) in [6.07, 6.45) is 0.298. The summed E-state index contributed by atoms with van der Waals surface area (Å²) >= 11 is 11.7. The normalized spacial score (nSPS) is 14.1. The zero-order chi connectivity index (χ0) is 13.7. The third-order valence-electron chi connectivity index (χ3n) is 2.95. The predicted octanol–water partition coefficient (Wildman–Crippen LogP) is 3.13. The van der Waals surface area contributed by atoms with Crippen molar-refractivity contribution in [1.29, 1.82) is 0 Å². The van der Waals surface area contributed by atoms with Gasteiger partial charge in [-0.1, -0.05) is 43.5 Å². The Bertz CT molecular complexity index is 423. The Hall–Kier alpha value is -0.770. The van der Waals surface area contributed by atoms with Crippen LogP contribution < -0.4 is 5.32 Å². The molecular formula is C13H17Cl2NO2. The van der Waals surface area contributed by atoms with Crippen LogP contribution in [-0.4, -0.2) is 23.7 Å². The standard InChI is InChI=1S/C13H17Cl2NO2/c1-3-8(2)12(17)7-16-13(18)10-6-9(14)4-5-11(10)15/h4-6,8,12,17H,3,7H2,1-2H3,(H,16,18). The largest absolute Gasteiger partial charge is 0.391 e. The molecule has 0 bridgehead atoms. The fraction of sp³-hybridized carbons (Fsp3) is 0.462. The van der Waals surface area contributed by atoms with E-state index in [0.717, 1.165) is 6.42 Å². The van der Waals surface area contributed by atoms with Crippen LogP contribution in [0.3, 0.4) is 0 Å². The van der Waals surface area contributed by atoms with Gasteiger partial charge in [-0.15, -0.1) is 0 Å². The van der Waals surface area contributed by atoms with Crippen molar-refractivity contribution < 1.29 is 9.90 Å². The molecule has 0 saturated heterocycles. The maximum absolute atomic E-state index is 11.9. The molecule has 0 heterocycles. The number of aliphatic hydroxyl groups excluding tert-OH is 1. The van der Waals surface area contributed by atoms with Gasteiger partial charge in [0.15, 0.2) is 0 Å². The van der Waals surface area contributed by atoms with E-state index in [0.29, 0.717) is 15.6 Å². The van der Waals surface area contributed by atoms with Crippen molar-refractivity contribution in [2.75, 3.05) is 6.54 Å². The molecule has 0 saturated carbocycles. The average Bonchev–Trinajstić information content (AvgIpc) is 2.37. The summed E-state index contributed by atoms with van der Waals surface area (Å²) in [5.41, 5.74) is 0.320. The van der Waals surface area contributed by atoms with Crippen LogP contribution in [0.1, 0.15) is 30.6 Å². The molecule has 0 spiro atoms. The summed E-state index contributed by atoms with van der Waals surface area (Å²) in [6.45, 7) is 4.13. The highest BCUT2D eigenvalue weighted by atomic mass is 35.5. The first-order valence-corrected chi connectivity index (χ1v) is 6.62. The quantitative estimate of drug-likeness (QED) is 0.875. The Morgan fingerprint density at radius 3 is 2.72 bits per heavy atom.